The van der Waals surface area contributed by atoms with Crippen LogP contribution in [0.2, 0.25) is 19.6 Å². The Morgan fingerprint density at radius 3 is 1.92 bits per heavy atom. The number of rotatable bonds is 15. The fourth-order valence-corrected chi connectivity index (χ4v) is 6.48. The topological polar surface area (TPSA) is 89.5 Å². The fraction of sp³-hybridized carbons (Fsp3) is 0.759. The number of hydrogen-bond acceptors (Lipinski definition) is 8. The van der Waals surface area contributed by atoms with Gasteiger partial charge in [0.1, 0.15) is 5.57 Å². The van der Waals surface area contributed by atoms with Gasteiger partial charge in [-0.25, -0.2) is 9.59 Å². The molecule has 2 heterocycles. The van der Waals surface area contributed by atoms with Crippen LogP contribution in [0.15, 0.2) is 28.1 Å². The maximum absolute atomic E-state index is 13.0. The molecule has 216 valence electrons. The Morgan fingerprint density at radius 1 is 0.842 bits per heavy atom. The van der Waals surface area contributed by atoms with E-state index in [1.807, 2.05) is 6.08 Å². The summed E-state index contributed by atoms with van der Waals surface area (Å²) < 4.78 is 33.2. The van der Waals surface area contributed by atoms with Gasteiger partial charge in [-0.2, -0.15) is 0 Å². The van der Waals surface area contributed by atoms with Crippen molar-refractivity contribution < 1.29 is 38.0 Å². The summed E-state index contributed by atoms with van der Waals surface area (Å²) in [6.07, 6.45) is 11.4. The molecule has 0 aromatic rings. The minimum atomic E-state index is -2.19. The average molecular weight is 553 g/mol. The van der Waals surface area contributed by atoms with Crippen LogP contribution in [0, 0.1) is 0 Å². The molecule has 0 N–H and O–H groups in total. The number of methoxy groups -OCH3 is 2. The van der Waals surface area contributed by atoms with E-state index in [4.69, 9.17) is 28.4 Å². The van der Waals surface area contributed by atoms with Gasteiger partial charge in [0.05, 0.1) is 28.9 Å². The minimum Gasteiger partial charge on any atom is -0.466 e. The van der Waals surface area contributed by atoms with E-state index in [0.29, 0.717) is 42.4 Å². The highest BCUT2D eigenvalue weighted by molar-refractivity contribution is 6.87. The van der Waals surface area contributed by atoms with E-state index in [-0.39, 0.29) is 12.6 Å². The highest BCUT2D eigenvalue weighted by Crippen LogP contribution is 2.29. The Hall–Kier alpha value is -1.74. The van der Waals surface area contributed by atoms with Crippen molar-refractivity contribution in [3.63, 3.8) is 0 Å². The Balaban J connectivity index is 2.14. The summed E-state index contributed by atoms with van der Waals surface area (Å²) >= 11 is 0. The number of hydrogen-bond donors (Lipinski definition) is 0. The maximum atomic E-state index is 13.0. The first-order valence-electron chi connectivity index (χ1n) is 14.1. The molecule has 0 bridgehead atoms. The van der Waals surface area contributed by atoms with Crippen LogP contribution in [0.1, 0.15) is 70.6 Å². The maximum Gasteiger partial charge on any atom is 0.346 e. The lowest BCUT2D eigenvalue weighted by molar-refractivity contribution is -0.162. The molecule has 2 aliphatic heterocycles. The first-order chi connectivity index (χ1) is 18.3. The molecule has 0 aromatic carbocycles. The van der Waals surface area contributed by atoms with Crippen molar-refractivity contribution >= 4 is 20.0 Å². The summed E-state index contributed by atoms with van der Waals surface area (Å²) in [7, 11) is 0.539. The van der Waals surface area contributed by atoms with E-state index in [0.717, 1.165) is 71.0 Å². The van der Waals surface area contributed by atoms with E-state index >= 15 is 0 Å². The first-order valence-corrected chi connectivity index (χ1v) is 17.6. The molecule has 0 amide bonds. The van der Waals surface area contributed by atoms with Gasteiger partial charge >= 0.3 is 11.9 Å². The Labute approximate surface area is 229 Å². The number of esters is 2. The van der Waals surface area contributed by atoms with Crippen LogP contribution in [0.4, 0.5) is 0 Å². The monoisotopic (exact) mass is 552 g/mol. The van der Waals surface area contributed by atoms with Gasteiger partial charge in [0.2, 0.25) is 0 Å². The third kappa shape index (κ3) is 11.6. The van der Waals surface area contributed by atoms with Crippen LogP contribution in [0.5, 0.6) is 0 Å². The van der Waals surface area contributed by atoms with Crippen LogP contribution in [0.25, 0.3) is 0 Å². The lowest BCUT2D eigenvalue weighted by atomic mass is 9.99. The summed E-state index contributed by atoms with van der Waals surface area (Å²) in [6, 6.07) is 0. The second kappa shape index (κ2) is 17.8. The van der Waals surface area contributed by atoms with Gasteiger partial charge in [-0.05, 0) is 82.3 Å². The van der Waals surface area contributed by atoms with E-state index in [1.54, 1.807) is 0 Å². The van der Waals surface area contributed by atoms with E-state index < -0.39 is 20.0 Å². The van der Waals surface area contributed by atoms with Gasteiger partial charge in [-0.15, -0.1) is 5.73 Å². The SMILES string of the molecule is COC(=O)C(=C=CCCCOC1CCCCO1)/C(CCCCOC1CCCCO1)=C(\C(=O)OC)[Si](C)(C)C. The van der Waals surface area contributed by atoms with Crippen molar-refractivity contribution in [2.45, 2.75) is 103 Å². The number of carbonyl (C=O) groups excluding carboxylic acids is 2. The van der Waals surface area contributed by atoms with Crippen LogP contribution in [0.3, 0.4) is 0 Å². The third-order valence-corrected chi connectivity index (χ3v) is 8.58. The second-order valence-corrected chi connectivity index (χ2v) is 15.7. The summed E-state index contributed by atoms with van der Waals surface area (Å²) in [6.45, 7) is 8.87. The van der Waals surface area contributed by atoms with Crippen LogP contribution < -0.4 is 0 Å². The van der Waals surface area contributed by atoms with Crippen LogP contribution in [-0.4, -0.2) is 73.2 Å². The molecule has 2 rings (SSSR count). The highest BCUT2D eigenvalue weighted by Gasteiger charge is 2.33. The molecule has 8 nitrogen and oxygen atoms in total. The number of unbranched alkanes of at least 4 members (excludes halogenated alkanes) is 2. The molecule has 2 fully saturated rings. The third-order valence-electron chi connectivity index (χ3n) is 6.58. The van der Waals surface area contributed by atoms with Crippen molar-refractivity contribution in [2.24, 2.45) is 0 Å². The molecule has 2 aliphatic rings. The van der Waals surface area contributed by atoms with E-state index in [1.165, 1.54) is 14.2 Å². The smallest absolute Gasteiger partial charge is 0.346 e. The van der Waals surface area contributed by atoms with Gasteiger partial charge < -0.3 is 28.4 Å². The average Bonchev–Trinajstić information content (AvgIpc) is 2.91. The lowest BCUT2D eigenvalue weighted by Crippen LogP contribution is -2.33. The van der Waals surface area contributed by atoms with Gasteiger partial charge in [0.15, 0.2) is 12.6 Å². The van der Waals surface area contributed by atoms with Crippen LogP contribution >= 0.6 is 0 Å². The van der Waals surface area contributed by atoms with Crippen molar-refractivity contribution in [3.8, 4) is 0 Å². The Morgan fingerprint density at radius 2 is 1.42 bits per heavy atom. The summed E-state index contributed by atoms with van der Waals surface area (Å²) in [4.78, 5) is 25.9. The van der Waals surface area contributed by atoms with Gasteiger partial charge in [0, 0.05) is 25.0 Å². The predicted molar refractivity (Wildman–Crippen MR) is 148 cm³/mol. The van der Waals surface area contributed by atoms with Gasteiger partial charge in [-0.1, -0.05) is 19.6 Å². The van der Waals surface area contributed by atoms with Crippen molar-refractivity contribution in [3.05, 3.63) is 28.1 Å². The molecule has 0 aliphatic carbocycles. The second-order valence-electron chi connectivity index (χ2n) is 10.7. The Kier molecular flexibility index (Phi) is 15.2. The van der Waals surface area contributed by atoms with Gasteiger partial charge in [-0.3, -0.25) is 0 Å². The largest absolute Gasteiger partial charge is 0.466 e. The quantitative estimate of drug-likeness (QED) is 0.0645. The lowest BCUT2D eigenvalue weighted by Gasteiger charge is -2.24. The Bertz CT molecular complexity index is 826. The highest BCUT2D eigenvalue weighted by atomic mass is 28.3. The molecule has 9 heteroatoms. The molecule has 2 saturated heterocycles. The van der Waals surface area contributed by atoms with Gasteiger partial charge in [0.25, 0.3) is 0 Å². The molecular formula is C29H48O8Si. The summed E-state index contributed by atoms with van der Waals surface area (Å²) in [5.41, 5.74) is 4.13. The zero-order valence-electron chi connectivity index (χ0n) is 24.1. The molecule has 0 aromatic heterocycles. The van der Waals surface area contributed by atoms with Crippen molar-refractivity contribution in [2.75, 3.05) is 40.6 Å². The zero-order valence-corrected chi connectivity index (χ0v) is 25.1. The number of ether oxygens (including phenoxy) is 6. The first kappa shape index (κ1) is 32.5. The van der Waals surface area contributed by atoms with Crippen molar-refractivity contribution in [1.29, 1.82) is 0 Å². The zero-order chi connectivity index (χ0) is 27.8. The molecule has 0 saturated carbocycles. The molecular weight excluding hydrogens is 504 g/mol. The summed E-state index contributed by atoms with van der Waals surface area (Å²) in [5.74, 6) is -0.898. The van der Waals surface area contributed by atoms with Crippen LogP contribution in [-0.2, 0) is 38.0 Å². The predicted octanol–water partition coefficient (Wildman–Crippen LogP) is 5.62. The van der Waals surface area contributed by atoms with E-state index in [9.17, 15) is 9.59 Å². The fourth-order valence-electron chi connectivity index (χ4n) is 4.61. The molecule has 0 spiro atoms. The van der Waals surface area contributed by atoms with Crippen molar-refractivity contribution in [1.82, 2.24) is 0 Å². The molecule has 2 atom stereocenters. The minimum absolute atomic E-state index is 0.114. The summed E-state index contributed by atoms with van der Waals surface area (Å²) in [5, 5.41) is 0.593. The number of carbonyl (C=O) groups is 2. The molecule has 2 unspecified atom stereocenters. The normalized spacial score (nSPS) is 20.7. The molecule has 38 heavy (non-hydrogen) atoms. The standard InChI is InChI=1S/C29H48O8Si/c1-32-28(30)24(16-7-6-11-19-34-25-17-9-13-21-36-25)23(27(29(31)33-2)38(3,4)5)15-8-12-20-35-26-18-10-14-22-37-26/h7,25-26H,6,8-15,17-22H2,1-5H3/b27-23+. The van der Waals surface area contributed by atoms with E-state index in [2.05, 4.69) is 25.4 Å². The molecule has 0 radical (unpaired) electrons.